The van der Waals surface area contributed by atoms with E-state index in [4.69, 9.17) is 4.74 Å². The maximum Gasteiger partial charge on any atom is 0.250 e. The number of anilines is 1. The van der Waals surface area contributed by atoms with Crippen LogP contribution in [0.25, 0.3) is 11.2 Å². The molecule has 2 N–H and O–H groups in total. The average molecular weight is 352 g/mol. The van der Waals surface area contributed by atoms with Gasteiger partial charge in [0.15, 0.2) is 5.65 Å². The second kappa shape index (κ2) is 5.65. The van der Waals surface area contributed by atoms with Crippen LogP contribution in [0.3, 0.4) is 0 Å². The molecule has 8 heteroatoms. The van der Waals surface area contributed by atoms with Crippen LogP contribution in [-0.2, 0) is 0 Å². The highest BCUT2D eigenvalue weighted by molar-refractivity contribution is 9.10. The summed E-state index contributed by atoms with van der Waals surface area (Å²) in [6, 6.07) is 4.17. The Morgan fingerprint density at radius 2 is 2.24 bits per heavy atom. The van der Waals surface area contributed by atoms with E-state index in [1.165, 1.54) is 24.5 Å². The van der Waals surface area contributed by atoms with Crippen LogP contribution in [0.2, 0.25) is 0 Å². The molecule has 0 spiro atoms. The van der Waals surface area contributed by atoms with E-state index in [1.54, 1.807) is 0 Å². The summed E-state index contributed by atoms with van der Waals surface area (Å²) in [6.45, 7) is 2.62. The molecule has 108 valence electrons. The highest BCUT2D eigenvalue weighted by atomic mass is 79.9. The third-order valence-electron chi connectivity index (χ3n) is 2.69. The smallest absolute Gasteiger partial charge is 0.250 e. The second-order valence-electron chi connectivity index (χ2n) is 4.16. The number of nitrogens with one attached hydrogen (secondary N) is 2. The fourth-order valence-corrected chi connectivity index (χ4v) is 2.21. The zero-order chi connectivity index (χ0) is 14.8. The molecule has 0 bridgehead atoms. The maximum atomic E-state index is 13.1. The number of ether oxygens (including phenoxy) is 1. The lowest BCUT2D eigenvalue weighted by molar-refractivity contribution is 0.463. The quantitative estimate of drug-likeness (QED) is 0.752. The van der Waals surface area contributed by atoms with Gasteiger partial charge in [-0.3, -0.25) is 0 Å². The SMILES string of the molecule is CCNc1nc(Oc2ccc(F)cc2Br)c2[nH]cnc2n1. The Morgan fingerprint density at radius 1 is 1.38 bits per heavy atom. The number of H-pyrrole nitrogens is 1. The van der Waals surface area contributed by atoms with Crippen LogP contribution >= 0.6 is 15.9 Å². The molecule has 0 fully saturated rings. The molecule has 3 aromatic rings. The monoisotopic (exact) mass is 351 g/mol. The number of nitrogens with zero attached hydrogens (tertiary/aromatic N) is 3. The number of aromatic nitrogens is 4. The number of hydrogen-bond acceptors (Lipinski definition) is 5. The molecule has 0 saturated heterocycles. The molecular formula is C13H11BrFN5O. The van der Waals surface area contributed by atoms with Crippen molar-refractivity contribution in [2.75, 3.05) is 11.9 Å². The van der Waals surface area contributed by atoms with Crippen molar-refractivity contribution in [1.82, 2.24) is 19.9 Å². The van der Waals surface area contributed by atoms with Gasteiger partial charge in [-0.1, -0.05) is 0 Å². The number of fused-ring (bicyclic) bond motifs is 1. The van der Waals surface area contributed by atoms with E-state index in [0.29, 0.717) is 39.8 Å². The van der Waals surface area contributed by atoms with Crippen LogP contribution in [0.15, 0.2) is 29.0 Å². The van der Waals surface area contributed by atoms with Crippen LogP contribution in [0.4, 0.5) is 10.3 Å². The molecule has 2 aromatic heterocycles. The van der Waals surface area contributed by atoms with Gasteiger partial charge in [0.05, 0.1) is 10.8 Å². The molecular weight excluding hydrogens is 341 g/mol. The van der Waals surface area contributed by atoms with E-state index < -0.39 is 0 Å². The lowest BCUT2D eigenvalue weighted by atomic mass is 10.3. The first-order valence-corrected chi connectivity index (χ1v) is 7.04. The van der Waals surface area contributed by atoms with Gasteiger partial charge in [-0.25, -0.2) is 9.37 Å². The Morgan fingerprint density at radius 3 is 3.00 bits per heavy atom. The molecule has 0 atom stereocenters. The lowest BCUT2D eigenvalue weighted by Crippen LogP contribution is -2.03. The summed E-state index contributed by atoms with van der Waals surface area (Å²) in [5, 5.41) is 3.01. The number of hydrogen-bond donors (Lipinski definition) is 2. The molecule has 6 nitrogen and oxygen atoms in total. The summed E-state index contributed by atoms with van der Waals surface area (Å²) >= 11 is 3.26. The van der Waals surface area contributed by atoms with Gasteiger partial charge < -0.3 is 15.0 Å². The van der Waals surface area contributed by atoms with Gasteiger partial charge in [-0.2, -0.15) is 9.97 Å². The van der Waals surface area contributed by atoms with Crippen LogP contribution < -0.4 is 10.1 Å². The predicted octanol–water partition coefficient (Wildman–Crippen LogP) is 3.48. The lowest BCUT2D eigenvalue weighted by Gasteiger charge is -2.09. The summed E-state index contributed by atoms with van der Waals surface area (Å²) in [5.41, 5.74) is 1.07. The fraction of sp³-hybridized carbons (Fsp3) is 0.154. The number of aromatic amines is 1. The minimum absolute atomic E-state index is 0.320. The van der Waals surface area contributed by atoms with Crippen molar-refractivity contribution in [2.45, 2.75) is 6.92 Å². The van der Waals surface area contributed by atoms with Crippen molar-refractivity contribution in [2.24, 2.45) is 0 Å². The summed E-state index contributed by atoms with van der Waals surface area (Å²) in [6.07, 6.45) is 1.52. The summed E-state index contributed by atoms with van der Waals surface area (Å²) in [5.74, 6) is 0.844. The third kappa shape index (κ3) is 2.80. The topological polar surface area (TPSA) is 75.7 Å². The van der Waals surface area contributed by atoms with Gasteiger partial charge in [-0.15, -0.1) is 0 Å². The standard InChI is InChI=1S/C13H11BrFN5O/c1-2-16-13-19-11-10(17-6-18-11)12(20-13)21-9-4-3-7(15)5-8(9)14/h3-6H,2H2,1H3,(H2,16,17,18,19,20). The van der Waals surface area contributed by atoms with Crippen LogP contribution in [0.1, 0.15) is 6.92 Å². The van der Waals surface area contributed by atoms with E-state index in [0.717, 1.165) is 0 Å². The first-order chi connectivity index (χ1) is 10.2. The highest BCUT2D eigenvalue weighted by Gasteiger charge is 2.13. The molecule has 0 unspecified atom stereocenters. The number of halogens is 2. The average Bonchev–Trinajstić information content (AvgIpc) is 2.91. The van der Waals surface area contributed by atoms with Crippen LogP contribution in [0, 0.1) is 5.82 Å². The Bertz CT molecular complexity index is 791. The summed E-state index contributed by atoms with van der Waals surface area (Å²) < 4.78 is 19.4. The Balaban J connectivity index is 2.04. The summed E-state index contributed by atoms with van der Waals surface area (Å²) in [7, 11) is 0. The number of imidazole rings is 1. The van der Waals surface area contributed by atoms with Crippen molar-refractivity contribution in [1.29, 1.82) is 0 Å². The maximum absolute atomic E-state index is 13.1. The zero-order valence-electron chi connectivity index (χ0n) is 11.0. The van der Waals surface area contributed by atoms with Crippen molar-refractivity contribution in [3.8, 4) is 11.6 Å². The molecule has 0 saturated carbocycles. The molecule has 0 aliphatic rings. The Labute approximate surface area is 127 Å². The van der Waals surface area contributed by atoms with Gasteiger partial charge >= 0.3 is 0 Å². The van der Waals surface area contributed by atoms with Crippen molar-refractivity contribution in [3.63, 3.8) is 0 Å². The minimum Gasteiger partial charge on any atom is -0.436 e. The summed E-state index contributed by atoms with van der Waals surface area (Å²) in [4.78, 5) is 15.6. The molecule has 0 aliphatic heterocycles. The molecule has 1 aromatic carbocycles. The minimum atomic E-state index is -0.350. The first-order valence-electron chi connectivity index (χ1n) is 6.25. The first kappa shape index (κ1) is 13.7. The number of benzene rings is 1. The van der Waals surface area contributed by atoms with Gasteiger partial charge in [0.2, 0.25) is 5.95 Å². The van der Waals surface area contributed by atoms with Crippen molar-refractivity contribution < 1.29 is 9.13 Å². The van der Waals surface area contributed by atoms with E-state index in [2.05, 4.69) is 41.2 Å². The van der Waals surface area contributed by atoms with Gasteiger partial charge in [-0.05, 0) is 41.1 Å². The predicted molar refractivity (Wildman–Crippen MR) is 80.0 cm³/mol. The van der Waals surface area contributed by atoms with E-state index >= 15 is 0 Å². The van der Waals surface area contributed by atoms with E-state index in [9.17, 15) is 4.39 Å². The van der Waals surface area contributed by atoms with Crippen LogP contribution in [-0.4, -0.2) is 26.5 Å². The van der Waals surface area contributed by atoms with E-state index in [-0.39, 0.29) is 5.82 Å². The molecule has 2 heterocycles. The molecule has 0 radical (unpaired) electrons. The van der Waals surface area contributed by atoms with Crippen molar-refractivity contribution >= 4 is 33.0 Å². The number of rotatable bonds is 4. The normalized spacial score (nSPS) is 10.8. The second-order valence-corrected chi connectivity index (χ2v) is 5.01. The van der Waals surface area contributed by atoms with Crippen LogP contribution in [0.5, 0.6) is 11.6 Å². The highest BCUT2D eigenvalue weighted by Crippen LogP contribution is 2.32. The van der Waals surface area contributed by atoms with Gasteiger partial charge in [0.1, 0.15) is 17.1 Å². The zero-order valence-corrected chi connectivity index (χ0v) is 12.6. The Hall–Kier alpha value is -2.22. The molecule has 0 amide bonds. The molecule has 3 rings (SSSR count). The third-order valence-corrected chi connectivity index (χ3v) is 3.31. The largest absolute Gasteiger partial charge is 0.436 e. The van der Waals surface area contributed by atoms with Crippen molar-refractivity contribution in [3.05, 3.63) is 34.8 Å². The van der Waals surface area contributed by atoms with Gasteiger partial charge in [0, 0.05) is 6.54 Å². The van der Waals surface area contributed by atoms with Gasteiger partial charge in [0.25, 0.3) is 5.88 Å². The molecule has 21 heavy (non-hydrogen) atoms. The van der Waals surface area contributed by atoms with E-state index in [1.807, 2.05) is 6.92 Å². The molecule has 0 aliphatic carbocycles. The Kier molecular flexibility index (Phi) is 3.70. The fourth-order valence-electron chi connectivity index (χ4n) is 1.78.